The first kappa shape index (κ1) is 23.8. The lowest BCUT2D eigenvalue weighted by atomic mass is 9.90. The Hall–Kier alpha value is -3.35. The SMILES string of the molecule is COc1ccc(CC[C@@]2(C)NC(=O)N(CC(=O)N3CCC(Cc4ccccc4)CC3)C2=O)cc1. The quantitative estimate of drug-likeness (QED) is 0.609. The molecule has 0 spiro atoms. The van der Waals surface area contributed by atoms with Gasteiger partial charge in [-0.25, -0.2) is 4.79 Å². The van der Waals surface area contributed by atoms with Gasteiger partial charge in [0.2, 0.25) is 5.91 Å². The first-order chi connectivity index (χ1) is 16.4. The molecule has 2 aliphatic heterocycles. The molecule has 180 valence electrons. The van der Waals surface area contributed by atoms with Crippen molar-refractivity contribution in [2.45, 2.75) is 44.6 Å². The largest absolute Gasteiger partial charge is 0.497 e. The zero-order chi connectivity index (χ0) is 24.1. The third-order valence-corrected chi connectivity index (χ3v) is 7.05. The van der Waals surface area contributed by atoms with Crippen LogP contribution in [-0.2, 0) is 22.4 Å². The second kappa shape index (κ2) is 10.3. The van der Waals surface area contributed by atoms with Crippen molar-refractivity contribution in [2.75, 3.05) is 26.7 Å². The number of hydrogen-bond acceptors (Lipinski definition) is 4. The maximum Gasteiger partial charge on any atom is 0.325 e. The summed E-state index contributed by atoms with van der Waals surface area (Å²) in [6.45, 7) is 2.85. The molecule has 0 aliphatic carbocycles. The fraction of sp³-hybridized carbons (Fsp3) is 0.444. The molecule has 4 amide bonds. The number of ether oxygens (including phenoxy) is 1. The van der Waals surface area contributed by atoms with Crippen molar-refractivity contribution in [3.63, 3.8) is 0 Å². The number of likely N-dealkylation sites (tertiary alicyclic amines) is 1. The molecular formula is C27H33N3O4. The standard InChI is InChI=1S/C27H33N3O4/c1-27(15-12-20-8-10-23(34-2)11-9-20)25(32)30(26(33)28-27)19-24(31)29-16-13-22(14-17-29)18-21-6-4-3-5-7-21/h3-11,22H,12-19H2,1-2H3,(H,28,33)/t27-/m1/s1. The van der Waals surface area contributed by atoms with Crippen molar-refractivity contribution in [1.82, 2.24) is 15.1 Å². The van der Waals surface area contributed by atoms with E-state index in [-0.39, 0.29) is 18.4 Å². The lowest BCUT2D eigenvalue weighted by Gasteiger charge is -2.33. The molecule has 7 nitrogen and oxygen atoms in total. The predicted molar refractivity (Wildman–Crippen MR) is 129 cm³/mol. The third kappa shape index (κ3) is 5.41. The van der Waals surface area contributed by atoms with Gasteiger partial charge in [-0.3, -0.25) is 14.5 Å². The number of imide groups is 1. The summed E-state index contributed by atoms with van der Waals surface area (Å²) in [7, 11) is 1.62. The highest BCUT2D eigenvalue weighted by molar-refractivity contribution is 6.08. The van der Waals surface area contributed by atoms with Crippen LogP contribution in [-0.4, -0.2) is 59.9 Å². The summed E-state index contributed by atoms with van der Waals surface area (Å²) in [6, 6.07) is 17.6. The molecule has 0 aromatic heterocycles. The van der Waals surface area contributed by atoms with Crippen molar-refractivity contribution >= 4 is 17.8 Å². The molecule has 2 saturated heterocycles. The highest BCUT2D eigenvalue weighted by Crippen LogP contribution is 2.25. The van der Waals surface area contributed by atoms with Crippen LogP contribution in [0.2, 0.25) is 0 Å². The molecule has 2 aromatic rings. The molecule has 1 N–H and O–H groups in total. The Bertz CT molecular complexity index is 1020. The first-order valence-electron chi connectivity index (χ1n) is 12.0. The van der Waals surface area contributed by atoms with Crippen molar-refractivity contribution in [3.8, 4) is 5.75 Å². The molecule has 0 saturated carbocycles. The van der Waals surface area contributed by atoms with Gasteiger partial charge in [-0.2, -0.15) is 0 Å². The van der Waals surface area contributed by atoms with Crippen LogP contribution in [0.5, 0.6) is 5.75 Å². The Kier molecular flexibility index (Phi) is 7.20. The van der Waals surface area contributed by atoms with Gasteiger partial charge in [0.15, 0.2) is 0 Å². The summed E-state index contributed by atoms with van der Waals surface area (Å²) >= 11 is 0. The van der Waals surface area contributed by atoms with E-state index >= 15 is 0 Å². The monoisotopic (exact) mass is 463 g/mol. The normalized spacial score (nSPS) is 21.0. The average Bonchev–Trinajstić information content (AvgIpc) is 3.07. The Morgan fingerprint density at radius 1 is 1.03 bits per heavy atom. The van der Waals surface area contributed by atoms with Gasteiger partial charge in [-0.1, -0.05) is 42.5 Å². The number of aryl methyl sites for hydroxylation is 1. The van der Waals surface area contributed by atoms with Crippen LogP contribution < -0.4 is 10.1 Å². The highest BCUT2D eigenvalue weighted by atomic mass is 16.5. The third-order valence-electron chi connectivity index (χ3n) is 7.05. The number of urea groups is 1. The lowest BCUT2D eigenvalue weighted by molar-refractivity contribution is -0.139. The maximum atomic E-state index is 13.1. The average molecular weight is 464 g/mol. The van der Waals surface area contributed by atoms with Crippen molar-refractivity contribution < 1.29 is 19.1 Å². The van der Waals surface area contributed by atoms with E-state index < -0.39 is 11.6 Å². The molecule has 2 heterocycles. The number of carbonyl (C=O) groups excluding carboxylic acids is 3. The number of piperidine rings is 1. The second-order valence-electron chi connectivity index (χ2n) is 9.52. The van der Waals surface area contributed by atoms with Crippen LogP contribution in [0.25, 0.3) is 0 Å². The predicted octanol–water partition coefficient (Wildman–Crippen LogP) is 3.42. The summed E-state index contributed by atoms with van der Waals surface area (Å²) in [5, 5.41) is 2.81. The zero-order valence-corrected chi connectivity index (χ0v) is 20.0. The minimum Gasteiger partial charge on any atom is -0.497 e. The number of benzene rings is 2. The minimum absolute atomic E-state index is 0.166. The van der Waals surface area contributed by atoms with E-state index in [1.807, 2.05) is 30.3 Å². The minimum atomic E-state index is -1.01. The van der Waals surface area contributed by atoms with Crippen LogP contribution in [0.1, 0.15) is 37.3 Å². The molecule has 34 heavy (non-hydrogen) atoms. The zero-order valence-electron chi connectivity index (χ0n) is 20.0. The van der Waals surface area contributed by atoms with Gasteiger partial charge >= 0.3 is 6.03 Å². The van der Waals surface area contributed by atoms with Crippen LogP contribution in [0, 0.1) is 5.92 Å². The van der Waals surface area contributed by atoms with Crippen LogP contribution >= 0.6 is 0 Å². The number of rotatable bonds is 8. The summed E-state index contributed by atoms with van der Waals surface area (Å²) in [6.07, 6.45) is 3.96. The number of amides is 4. The van der Waals surface area contributed by atoms with Gasteiger partial charge in [0.1, 0.15) is 17.8 Å². The van der Waals surface area contributed by atoms with Gasteiger partial charge in [-0.15, -0.1) is 0 Å². The van der Waals surface area contributed by atoms with E-state index in [0.29, 0.717) is 31.8 Å². The number of carbonyl (C=O) groups is 3. The molecular weight excluding hydrogens is 430 g/mol. The van der Waals surface area contributed by atoms with Gasteiger partial charge < -0.3 is 15.0 Å². The summed E-state index contributed by atoms with van der Waals surface area (Å²) in [5.74, 6) is 0.817. The molecule has 0 bridgehead atoms. The highest BCUT2D eigenvalue weighted by Gasteiger charge is 2.48. The van der Waals surface area contributed by atoms with E-state index in [1.165, 1.54) is 5.56 Å². The fourth-order valence-electron chi connectivity index (χ4n) is 4.82. The fourth-order valence-corrected chi connectivity index (χ4v) is 4.82. The number of nitrogens with one attached hydrogen (secondary N) is 1. The first-order valence-corrected chi connectivity index (χ1v) is 12.0. The Balaban J connectivity index is 1.28. The number of methoxy groups -OCH3 is 1. The van der Waals surface area contributed by atoms with Crippen LogP contribution in [0.4, 0.5) is 4.79 Å². The number of hydrogen-bond donors (Lipinski definition) is 1. The van der Waals surface area contributed by atoms with Crippen molar-refractivity contribution in [3.05, 3.63) is 65.7 Å². The van der Waals surface area contributed by atoms with Crippen molar-refractivity contribution in [1.29, 1.82) is 0 Å². The Labute approximate surface area is 201 Å². The lowest BCUT2D eigenvalue weighted by Crippen LogP contribution is -2.47. The Morgan fingerprint density at radius 3 is 2.35 bits per heavy atom. The molecule has 2 fully saturated rings. The molecule has 1 atom stereocenters. The summed E-state index contributed by atoms with van der Waals surface area (Å²) in [5.41, 5.74) is 1.36. The molecule has 0 unspecified atom stereocenters. The summed E-state index contributed by atoms with van der Waals surface area (Å²) < 4.78 is 5.18. The van der Waals surface area contributed by atoms with Gasteiger partial charge in [0, 0.05) is 13.1 Å². The van der Waals surface area contributed by atoms with Gasteiger partial charge in [-0.05, 0) is 68.2 Å². The topological polar surface area (TPSA) is 79.0 Å². The van der Waals surface area contributed by atoms with E-state index in [1.54, 1.807) is 18.9 Å². The molecule has 2 aromatic carbocycles. The smallest absolute Gasteiger partial charge is 0.325 e. The number of nitrogens with zero attached hydrogens (tertiary/aromatic N) is 2. The van der Waals surface area contributed by atoms with E-state index in [9.17, 15) is 14.4 Å². The molecule has 7 heteroatoms. The van der Waals surface area contributed by atoms with Crippen molar-refractivity contribution in [2.24, 2.45) is 5.92 Å². The Morgan fingerprint density at radius 2 is 1.71 bits per heavy atom. The maximum absolute atomic E-state index is 13.1. The molecule has 0 radical (unpaired) electrons. The molecule has 2 aliphatic rings. The summed E-state index contributed by atoms with van der Waals surface area (Å²) in [4.78, 5) is 41.4. The van der Waals surface area contributed by atoms with E-state index in [4.69, 9.17) is 4.74 Å². The van der Waals surface area contributed by atoms with E-state index in [2.05, 4.69) is 29.6 Å². The van der Waals surface area contributed by atoms with Crippen LogP contribution in [0.3, 0.4) is 0 Å². The van der Waals surface area contributed by atoms with Gasteiger partial charge in [0.25, 0.3) is 5.91 Å². The van der Waals surface area contributed by atoms with Gasteiger partial charge in [0.05, 0.1) is 7.11 Å². The second-order valence-corrected chi connectivity index (χ2v) is 9.52. The van der Waals surface area contributed by atoms with Crippen LogP contribution in [0.15, 0.2) is 54.6 Å². The van der Waals surface area contributed by atoms with E-state index in [0.717, 1.165) is 35.5 Å². The molecule has 4 rings (SSSR count).